The van der Waals surface area contributed by atoms with Crippen LogP contribution in [0.2, 0.25) is 0 Å². The zero-order valence-corrected chi connectivity index (χ0v) is 18.7. The fourth-order valence-corrected chi connectivity index (χ4v) is 3.40. The molecule has 0 fully saturated rings. The molecule has 0 amide bonds. The third-order valence-corrected chi connectivity index (χ3v) is 5.16. The second-order valence-corrected chi connectivity index (χ2v) is 7.79. The molecule has 0 bridgehead atoms. The number of hydrogen-bond donors (Lipinski definition) is 0. The third-order valence-electron chi connectivity index (χ3n) is 4.15. The van der Waals surface area contributed by atoms with E-state index >= 15 is 0 Å². The molecule has 0 spiro atoms. The number of unbranched alkanes of at least 4 members (excludes halogenated alkanes) is 2. The summed E-state index contributed by atoms with van der Waals surface area (Å²) in [5, 5.41) is 0. The van der Waals surface area contributed by atoms with Crippen LogP contribution in [-0.2, 0) is 25.6 Å². The highest BCUT2D eigenvalue weighted by Crippen LogP contribution is 2.19. The van der Waals surface area contributed by atoms with E-state index in [1.807, 2.05) is 33.4 Å². The van der Waals surface area contributed by atoms with E-state index in [0.717, 1.165) is 31.2 Å². The van der Waals surface area contributed by atoms with Crippen LogP contribution in [0.3, 0.4) is 0 Å². The van der Waals surface area contributed by atoms with Gasteiger partial charge >= 0.3 is 11.9 Å². The van der Waals surface area contributed by atoms with Gasteiger partial charge in [-0.05, 0) is 31.2 Å². The van der Waals surface area contributed by atoms with E-state index in [0.29, 0.717) is 39.0 Å². The minimum absolute atomic E-state index is 0.190. The van der Waals surface area contributed by atoms with Gasteiger partial charge in [0.25, 0.3) is 0 Å². The van der Waals surface area contributed by atoms with Crippen molar-refractivity contribution in [3.63, 3.8) is 0 Å². The van der Waals surface area contributed by atoms with Crippen molar-refractivity contribution in [1.82, 2.24) is 3.11 Å². The molecule has 1 atom stereocenters. The lowest BCUT2D eigenvalue weighted by atomic mass is 10.1. The van der Waals surface area contributed by atoms with Gasteiger partial charge in [0.1, 0.15) is 6.04 Å². The lowest BCUT2D eigenvalue weighted by Crippen LogP contribution is -2.36. The molecule has 1 rings (SSSR count). The molecule has 5 nitrogen and oxygen atoms in total. The average molecular weight is 489 g/mol. The minimum Gasteiger partial charge on any atom is -0.466 e. The maximum absolute atomic E-state index is 12.6. The third kappa shape index (κ3) is 10.7. The normalized spacial score (nSPS) is 12.0. The van der Waals surface area contributed by atoms with Crippen LogP contribution in [-0.4, -0.2) is 34.3 Å². The number of benzene rings is 1. The Hall–Kier alpha value is -1.15. The molecule has 0 radical (unpaired) electrons. The molecule has 0 aliphatic heterocycles. The van der Waals surface area contributed by atoms with Gasteiger partial charge in [0.15, 0.2) is 0 Å². The largest absolute Gasteiger partial charge is 0.466 e. The van der Waals surface area contributed by atoms with Crippen molar-refractivity contribution < 1.29 is 19.1 Å². The van der Waals surface area contributed by atoms with Crippen molar-refractivity contribution >= 4 is 34.8 Å². The van der Waals surface area contributed by atoms with Crippen LogP contribution in [0.1, 0.15) is 64.4 Å². The van der Waals surface area contributed by atoms with E-state index in [1.54, 1.807) is 0 Å². The van der Waals surface area contributed by atoms with E-state index in [4.69, 9.17) is 9.47 Å². The fourth-order valence-electron chi connectivity index (χ4n) is 2.50. The van der Waals surface area contributed by atoms with Crippen molar-refractivity contribution in [1.29, 1.82) is 0 Å². The van der Waals surface area contributed by atoms with Gasteiger partial charge in [0.05, 0.1) is 13.2 Å². The number of carbonyl (C=O) groups excluding carboxylic acids is 2. The Morgan fingerprint density at radius 3 is 2.26 bits per heavy atom. The molecule has 0 saturated heterocycles. The SMILES string of the molecule is CCCCOC(=O)CCCC(C(=O)OCCCC)N(I)Cc1ccccc1. The first kappa shape index (κ1) is 23.9. The predicted molar refractivity (Wildman–Crippen MR) is 115 cm³/mol. The Morgan fingerprint density at radius 1 is 1.00 bits per heavy atom. The van der Waals surface area contributed by atoms with Crippen LogP contribution in [0.5, 0.6) is 0 Å². The lowest BCUT2D eigenvalue weighted by Gasteiger charge is -2.24. The van der Waals surface area contributed by atoms with E-state index in [1.165, 1.54) is 0 Å². The lowest BCUT2D eigenvalue weighted by molar-refractivity contribution is -0.149. The van der Waals surface area contributed by atoms with Crippen molar-refractivity contribution in [2.24, 2.45) is 0 Å². The van der Waals surface area contributed by atoms with Crippen molar-refractivity contribution in [2.75, 3.05) is 13.2 Å². The number of ether oxygens (including phenoxy) is 2. The molecule has 1 aromatic carbocycles. The summed E-state index contributed by atoms with van der Waals surface area (Å²) in [6, 6.07) is 9.65. The van der Waals surface area contributed by atoms with Crippen LogP contribution in [0.4, 0.5) is 0 Å². The number of halogens is 1. The summed E-state index contributed by atoms with van der Waals surface area (Å²) in [6.07, 6.45) is 5.25. The number of carbonyl (C=O) groups is 2. The predicted octanol–water partition coefficient (Wildman–Crippen LogP) is 5.06. The molecule has 0 aliphatic rings. The number of esters is 2. The standard InChI is InChI=1S/C21H32INO4/c1-3-5-15-26-20(24)14-10-13-19(21(25)27-16-6-4-2)23(22)17-18-11-8-7-9-12-18/h7-9,11-12,19H,3-6,10,13-17H2,1-2H3. The molecule has 0 saturated carbocycles. The highest BCUT2D eigenvalue weighted by Gasteiger charge is 2.26. The molecule has 0 aliphatic carbocycles. The second-order valence-electron chi connectivity index (χ2n) is 6.55. The topological polar surface area (TPSA) is 55.8 Å². The maximum atomic E-state index is 12.6. The van der Waals surface area contributed by atoms with E-state index < -0.39 is 0 Å². The van der Waals surface area contributed by atoms with E-state index in [9.17, 15) is 9.59 Å². The van der Waals surface area contributed by atoms with Crippen molar-refractivity contribution in [3.05, 3.63) is 35.9 Å². The fraction of sp³-hybridized carbons (Fsp3) is 0.619. The Morgan fingerprint density at radius 2 is 1.63 bits per heavy atom. The van der Waals surface area contributed by atoms with Crippen LogP contribution in [0, 0.1) is 0 Å². The smallest absolute Gasteiger partial charge is 0.324 e. The number of rotatable bonds is 14. The maximum Gasteiger partial charge on any atom is 0.324 e. The van der Waals surface area contributed by atoms with Gasteiger partial charge in [-0.15, -0.1) is 0 Å². The van der Waals surface area contributed by atoms with Gasteiger partial charge in [-0.3, -0.25) is 9.59 Å². The molecule has 0 heterocycles. The average Bonchev–Trinajstić information content (AvgIpc) is 2.66. The van der Waals surface area contributed by atoms with Crippen molar-refractivity contribution in [2.45, 2.75) is 71.4 Å². The van der Waals surface area contributed by atoms with E-state index in [-0.39, 0.29) is 18.0 Å². The summed E-state index contributed by atoms with van der Waals surface area (Å²) >= 11 is 2.18. The summed E-state index contributed by atoms with van der Waals surface area (Å²) in [4.78, 5) is 24.3. The Labute approximate surface area is 177 Å². The molecule has 1 aromatic rings. The second kappa shape index (κ2) is 14.9. The summed E-state index contributed by atoms with van der Waals surface area (Å²) in [6.45, 7) is 5.70. The van der Waals surface area contributed by atoms with Crippen molar-refractivity contribution in [3.8, 4) is 0 Å². The first-order chi connectivity index (χ1) is 13.1. The minimum atomic E-state index is -0.369. The summed E-state index contributed by atoms with van der Waals surface area (Å²) in [7, 11) is 0. The van der Waals surface area contributed by atoms with Gasteiger partial charge in [0, 0.05) is 35.8 Å². The molecule has 1 unspecified atom stereocenters. The summed E-state index contributed by atoms with van der Waals surface area (Å²) in [5.41, 5.74) is 1.14. The van der Waals surface area contributed by atoms with Gasteiger partial charge in [0.2, 0.25) is 0 Å². The molecule has 6 heteroatoms. The molecule has 0 N–H and O–H groups in total. The van der Waals surface area contributed by atoms with Gasteiger partial charge in [-0.25, -0.2) is 3.11 Å². The first-order valence-corrected chi connectivity index (χ1v) is 10.8. The first-order valence-electron chi connectivity index (χ1n) is 9.87. The van der Waals surface area contributed by atoms with Crippen LogP contribution in [0.25, 0.3) is 0 Å². The van der Waals surface area contributed by atoms with Gasteiger partial charge in [-0.1, -0.05) is 57.0 Å². The Kier molecular flexibility index (Phi) is 13.1. The molecular formula is C21H32INO4. The number of hydrogen-bond acceptors (Lipinski definition) is 5. The molecule has 0 aromatic heterocycles. The highest BCUT2D eigenvalue weighted by molar-refractivity contribution is 14.1. The molecule has 27 heavy (non-hydrogen) atoms. The Bertz CT molecular complexity index is 538. The van der Waals surface area contributed by atoms with Crippen LogP contribution < -0.4 is 0 Å². The summed E-state index contributed by atoms with van der Waals surface area (Å²) < 4.78 is 12.6. The van der Waals surface area contributed by atoms with Gasteiger partial charge < -0.3 is 9.47 Å². The Balaban J connectivity index is 2.56. The summed E-state index contributed by atoms with van der Waals surface area (Å²) in [5.74, 6) is -0.405. The number of nitrogens with zero attached hydrogens (tertiary/aromatic N) is 1. The highest BCUT2D eigenvalue weighted by atomic mass is 127. The molecule has 152 valence electrons. The van der Waals surface area contributed by atoms with Crippen LogP contribution in [0.15, 0.2) is 30.3 Å². The quantitative estimate of drug-likeness (QED) is 0.158. The zero-order chi connectivity index (χ0) is 19.9. The van der Waals surface area contributed by atoms with Crippen LogP contribution >= 0.6 is 22.9 Å². The monoisotopic (exact) mass is 489 g/mol. The van der Waals surface area contributed by atoms with E-state index in [2.05, 4.69) is 36.7 Å². The zero-order valence-electron chi connectivity index (χ0n) is 16.5. The molecular weight excluding hydrogens is 457 g/mol. The van der Waals surface area contributed by atoms with Gasteiger partial charge in [-0.2, -0.15) is 0 Å².